The molecule has 110 valence electrons. The van der Waals surface area contributed by atoms with Crippen LogP contribution in [0.25, 0.3) is 0 Å². The Morgan fingerprint density at radius 3 is 2.68 bits per heavy atom. The van der Waals surface area contributed by atoms with Crippen LogP contribution in [0.1, 0.15) is 78.1 Å². The quantitative estimate of drug-likeness (QED) is 0.653. The Kier molecular flexibility index (Phi) is 4.51. The minimum atomic E-state index is 0.751. The van der Waals surface area contributed by atoms with Gasteiger partial charge in [0, 0.05) is 12.1 Å². The lowest BCUT2D eigenvalue weighted by molar-refractivity contribution is 0.197. The van der Waals surface area contributed by atoms with E-state index >= 15 is 0 Å². The van der Waals surface area contributed by atoms with Gasteiger partial charge < -0.3 is 5.32 Å². The highest BCUT2D eigenvalue weighted by Crippen LogP contribution is 2.58. The second-order valence-electron chi connectivity index (χ2n) is 7.68. The minimum absolute atomic E-state index is 0.751. The van der Waals surface area contributed by atoms with Crippen molar-refractivity contribution in [2.24, 2.45) is 23.7 Å². The molecule has 1 N–H and O–H groups in total. The second kappa shape index (κ2) is 6.16. The molecule has 0 aliphatic heterocycles. The number of hydrogen-bond acceptors (Lipinski definition) is 1. The van der Waals surface area contributed by atoms with Crippen molar-refractivity contribution in [1.29, 1.82) is 0 Å². The predicted molar refractivity (Wildman–Crippen MR) is 82.2 cm³/mol. The van der Waals surface area contributed by atoms with Crippen molar-refractivity contribution in [2.75, 3.05) is 0 Å². The van der Waals surface area contributed by atoms with E-state index in [-0.39, 0.29) is 0 Å². The van der Waals surface area contributed by atoms with Crippen LogP contribution in [-0.4, -0.2) is 12.1 Å². The summed E-state index contributed by atoms with van der Waals surface area (Å²) in [7, 11) is 0. The number of hydrogen-bond donors (Lipinski definition) is 1. The molecule has 1 heteroatoms. The molecule has 6 unspecified atom stereocenters. The van der Waals surface area contributed by atoms with Crippen molar-refractivity contribution in [1.82, 2.24) is 5.32 Å². The van der Waals surface area contributed by atoms with E-state index in [1.165, 1.54) is 44.9 Å². The van der Waals surface area contributed by atoms with Crippen molar-refractivity contribution in [3.8, 4) is 0 Å². The van der Waals surface area contributed by atoms with Crippen molar-refractivity contribution in [3.05, 3.63) is 0 Å². The maximum atomic E-state index is 4.00. The van der Waals surface area contributed by atoms with Gasteiger partial charge in [-0.25, -0.2) is 0 Å². The van der Waals surface area contributed by atoms with Crippen LogP contribution in [0, 0.1) is 23.7 Å². The van der Waals surface area contributed by atoms with Crippen LogP contribution in [0.3, 0.4) is 0 Å². The Labute approximate surface area is 119 Å². The second-order valence-corrected chi connectivity index (χ2v) is 7.68. The van der Waals surface area contributed by atoms with E-state index in [1.807, 2.05) is 0 Å². The molecule has 3 fully saturated rings. The van der Waals surface area contributed by atoms with Crippen molar-refractivity contribution >= 4 is 0 Å². The molecule has 0 aromatic heterocycles. The van der Waals surface area contributed by atoms with Gasteiger partial charge in [-0.05, 0) is 62.7 Å². The Bertz CT molecular complexity index is 287. The van der Waals surface area contributed by atoms with Gasteiger partial charge in [0.1, 0.15) is 0 Å². The lowest BCUT2D eigenvalue weighted by Gasteiger charge is -2.34. The Hall–Kier alpha value is -0.0400. The zero-order valence-corrected chi connectivity index (χ0v) is 13.0. The molecule has 0 heterocycles. The third kappa shape index (κ3) is 2.86. The molecule has 3 aliphatic carbocycles. The van der Waals surface area contributed by atoms with Gasteiger partial charge in [-0.3, -0.25) is 0 Å². The summed E-state index contributed by atoms with van der Waals surface area (Å²) in [6.07, 6.45) is 14.7. The van der Waals surface area contributed by atoms with Gasteiger partial charge >= 0.3 is 0 Å². The standard InChI is InChI=1S/C18H33N/c1-3-4-5-6-8-13(2)19-18-12-14-11-17(18)16-10-7-9-15(14)16/h13-19H,3-12H2,1-2H3. The maximum Gasteiger partial charge on any atom is 0.0103 e. The fourth-order valence-electron chi connectivity index (χ4n) is 5.59. The Morgan fingerprint density at radius 1 is 1.00 bits per heavy atom. The first-order valence-corrected chi connectivity index (χ1v) is 9.05. The number of unbranched alkanes of at least 4 members (excludes halogenated alkanes) is 3. The molecule has 3 rings (SSSR count). The van der Waals surface area contributed by atoms with Crippen LogP contribution < -0.4 is 5.32 Å². The Balaban J connectivity index is 1.41. The normalized spacial score (nSPS) is 41.7. The molecule has 0 saturated heterocycles. The molecule has 2 bridgehead atoms. The molecule has 1 nitrogen and oxygen atoms in total. The molecule has 19 heavy (non-hydrogen) atoms. The SMILES string of the molecule is CCCCCCC(C)NC1CC2CC1C1CCCC21. The van der Waals surface area contributed by atoms with Crippen LogP contribution >= 0.6 is 0 Å². The summed E-state index contributed by atoms with van der Waals surface area (Å²) in [5, 5.41) is 4.00. The summed E-state index contributed by atoms with van der Waals surface area (Å²) in [5.74, 6) is 4.41. The lowest BCUT2D eigenvalue weighted by Crippen LogP contribution is -2.43. The first-order valence-electron chi connectivity index (χ1n) is 9.05. The molecule has 6 atom stereocenters. The fourth-order valence-corrected chi connectivity index (χ4v) is 5.59. The first-order chi connectivity index (χ1) is 9.29. The average Bonchev–Trinajstić information content (AvgIpc) is 3.05. The summed E-state index contributed by atoms with van der Waals surface area (Å²) in [4.78, 5) is 0. The summed E-state index contributed by atoms with van der Waals surface area (Å²) in [6.45, 7) is 4.72. The first kappa shape index (κ1) is 13.9. The minimum Gasteiger partial charge on any atom is -0.311 e. The smallest absolute Gasteiger partial charge is 0.0103 e. The zero-order valence-electron chi connectivity index (χ0n) is 13.0. The van der Waals surface area contributed by atoms with Crippen molar-refractivity contribution in [3.63, 3.8) is 0 Å². The zero-order chi connectivity index (χ0) is 13.2. The van der Waals surface area contributed by atoms with E-state index < -0.39 is 0 Å². The van der Waals surface area contributed by atoms with Gasteiger partial charge in [-0.2, -0.15) is 0 Å². The van der Waals surface area contributed by atoms with E-state index in [9.17, 15) is 0 Å². The third-order valence-corrected chi connectivity index (χ3v) is 6.42. The highest BCUT2D eigenvalue weighted by Gasteiger charge is 2.53. The highest BCUT2D eigenvalue weighted by atomic mass is 15.0. The molecule has 0 spiro atoms. The molecule has 0 aromatic rings. The summed E-state index contributed by atoms with van der Waals surface area (Å²) >= 11 is 0. The number of nitrogens with one attached hydrogen (secondary N) is 1. The molecule has 0 radical (unpaired) electrons. The van der Waals surface area contributed by atoms with E-state index in [1.54, 1.807) is 19.3 Å². The monoisotopic (exact) mass is 263 g/mol. The Morgan fingerprint density at radius 2 is 1.84 bits per heavy atom. The molecular formula is C18H33N. The summed E-state index contributed by atoms with van der Waals surface area (Å²) in [6, 6.07) is 1.63. The molecule has 0 aromatic carbocycles. The largest absolute Gasteiger partial charge is 0.311 e. The van der Waals surface area contributed by atoms with E-state index in [0.717, 1.165) is 35.8 Å². The number of rotatable bonds is 7. The van der Waals surface area contributed by atoms with Crippen LogP contribution in [0.4, 0.5) is 0 Å². The number of fused-ring (bicyclic) bond motifs is 5. The molecule has 3 aliphatic rings. The highest BCUT2D eigenvalue weighted by molar-refractivity contribution is 5.05. The molecule has 3 saturated carbocycles. The van der Waals surface area contributed by atoms with Crippen molar-refractivity contribution in [2.45, 2.75) is 90.1 Å². The van der Waals surface area contributed by atoms with Crippen LogP contribution in [0.5, 0.6) is 0 Å². The van der Waals surface area contributed by atoms with Crippen LogP contribution in [0.2, 0.25) is 0 Å². The fraction of sp³-hybridized carbons (Fsp3) is 1.00. The predicted octanol–water partition coefficient (Wildman–Crippen LogP) is 4.76. The molecular weight excluding hydrogens is 230 g/mol. The summed E-state index contributed by atoms with van der Waals surface area (Å²) in [5.41, 5.74) is 0. The molecule has 0 amide bonds. The van der Waals surface area contributed by atoms with E-state index in [2.05, 4.69) is 19.2 Å². The van der Waals surface area contributed by atoms with Crippen LogP contribution in [0.15, 0.2) is 0 Å². The third-order valence-electron chi connectivity index (χ3n) is 6.42. The lowest BCUT2D eigenvalue weighted by atomic mass is 9.79. The van der Waals surface area contributed by atoms with Gasteiger partial charge in [0.15, 0.2) is 0 Å². The van der Waals surface area contributed by atoms with E-state index in [0.29, 0.717) is 0 Å². The van der Waals surface area contributed by atoms with Gasteiger partial charge in [0.05, 0.1) is 0 Å². The van der Waals surface area contributed by atoms with Gasteiger partial charge in [0.25, 0.3) is 0 Å². The summed E-state index contributed by atoms with van der Waals surface area (Å²) < 4.78 is 0. The van der Waals surface area contributed by atoms with Gasteiger partial charge in [-0.1, -0.05) is 39.0 Å². The van der Waals surface area contributed by atoms with Gasteiger partial charge in [-0.15, -0.1) is 0 Å². The van der Waals surface area contributed by atoms with Gasteiger partial charge in [0.2, 0.25) is 0 Å². The maximum absolute atomic E-state index is 4.00. The van der Waals surface area contributed by atoms with Crippen LogP contribution in [-0.2, 0) is 0 Å². The average molecular weight is 263 g/mol. The van der Waals surface area contributed by atoms with Crippen molar-refractivity contribution < 1.29 is 0 Å². The topological polar surface area (TPSA) is 12.0 Å². The van der Waals surface area contributed by atoms with E-state index in [4.69, 9.17) is 0 Å².